The van der Waals surface area contributed by atoms with E-state index in [1.807, 2.05) is 0 Å². The zero-order valence-corrected chi connectivity index (χ0v) is 19.4. The molecule has 4 atom stereocenters. The third-order valence-corrected chi connectivity index (χ3v) is 5.10. The zero-order valence-electron chi connectivity index (χ0n) is 18.6. The molecule has 30 heavy (non-hydrogen) atoms. The SMILES string of the molecule is CC(C)(C)OC(=O)C1C(=O)CC(C)(O)C(C(=O)OC(C)(C)C)C1c1ccc(Cl)cc1. The van der Waals surface area contributed by atoms with Crippen LogP contribution in [0.15, 0.2) is 24.3 Å². The molecule has 166 valence electrons. The van der Waals surface area contributed by atoms with Crippen LogP contribution in [0.2, 0.25) is 5.02 Å². The van der Waals surface area contributed by atoms with Crippen LogP contribution in [-0.2, 0) is 23.9 Å². The summed E-state index contributed by atoms with van der Waals surface area (Å²) in [5, 5.41) is 11.6. The van der Waals surface area contributed by atoms with Crippen molar-refractivity contribution in [2.75, 3.05) is 0 Å². The highest BCUT2D eigenvalue weighted by Gasteiger charge is 2.57. The second kappa shape index (κ2) is 8.31. The van der Waals surface area contributed by atoms with Crippen molar-refractivity contribution in [1.82, 2.24) is 0 Å². The van der Waals surface area contributed by atoms with Gasteiger partial charge in [-0.15, -0.1) is 0 Å². The van der Waals surface area contributed by atoms with Crippen LogP contribution in [0.4, 0.5) is 0 Å². The van der Waals surface area contributed by atoms with Gasteiger partial charge in [0, 0.05) is 17.4 Å². The lowest BCUT2D eigenvalue weighted by molar-refractivity contribution is -0.182. The normalized spacial score (nSPS) is 27.5. The van der Waals surface area contributed by atoms with E-state index in [0.29, 0.717) is 10.6 Å². The van der Waals surface area contributed by atoms with E-state index in [1.54, 1.807) is 65.8 Å². The molecule has 0 heterocycles. The first-order valence-electron chi connectivity index (χ1n) is 9.98. The predicted octanol–water partition coefficient (Wildman–Crippen LogP) is 4.06. The molecule has 1 fully saturated rings. The number of aliphatic hydroxyl groups is 1. The van der Waals surface area contributed by atoms with Crippen LogP contribution in [0, 0.1) is 11.8 Å². The van der Waals surface area contributed by atoms with Crippen LogP contribution in [0.1, 0.15) is 66.4 Å². The summed E-state index contributed by atoms with van der Waals surface area (Å²) in [5.41, 5.74) is -2.79. The molecular weight excluding hydrogens is 408 g/mol. The van der Waals surface area contributed by atoms with E-state index < -0.39 is 52.3 Å². The van der Waals surface area contributed by atoms with Crippen molar-refractivity contribution < 1.29 is 29.0 Å². The number of benzene rings is 1. The quantitative estimate of drug-likeness (QED) is 0.565. The maximum Gasteiger partial charge on any atom is 0.317 e. The predicted molar refractivity (Wildman–Crippen MR) is 113 cm³/mol. The summed E-state index contributed by atoms with van der Waals surface area (Å²) in [4.78, 5) is 39.2. The van der Waals surface area contributed by atoms with E-state index in [-0.39, 0.29) is 6.42 Å². The van der Waals surface area contributed by atoms with Crippen LogP contribution >= 0.6 is 11.6 Å². The number of halogens is 1. The Kier molecular flexibility index (Phi) is 6.74. The Hall–Kier alpha value is -1.92. The van der Waals surface area contributed by atoms with Gasteiger partial charge in [0.15, 0.2) is 5.78 Å². The number of hydrogen-bond donors (Lipinski definition) is 1. The van der Waals surface area contributed by atoms with Crippen molar-refractivity contribution in [2.24, 2.45) is 11.8 Å². The fourth-order valence-electron chi connectivity index (χ4n) is 3.83. The maximum absolute atomic E-state index is 13.2. The molecule has 7 heteroatoms. The molecule has 6 nitrogen and oxygen atoms in total. The summed E-state index contributed by atoms with van der Waals surface area (Å²) in [6.07, 6.45) is -0.356. The molecule has 0 radical (unpaired) electrons. The van der Waals surface area contributed by atoms with Crippen molar-refractivity contribution >= 4 is 29.3 Å². The average molecular weight is 439 g/mol. The van der Waals surface area contributed by atoms with Gasteiger partial charge < -0.3 is 14.6 Å². The second-order valence-electron chi connectivity index (χ2n) is 10.1. The Labute approximate surface area is 182 Å². The molecule has 1 N–H and O–H groups in total. The minimum atomic E-state index is -1.69. The topological polar surface area (TPSA) is 89.9 Å². The highest BCUT2D eigenvalue weighted by Crippen LogP contribution is 2.47. The number of carbonyl (C=O) groups excluding carboxylic acids is 3. The molecule has 0 saturated heterocycles. The molecule has 0 spiro atoms. The van der Waals surface area contributed by atoms with Crippen molar-refractivity contribution in [3.05, 3.63) is 34.9 Å². The molecular formula is C23H31ClO6. The molecule has 1 aromatic rings. The monoisotopic (exact) mass is 438 g/mol. The molecule has 0 bridgehead atoms. The van der Waals surface area contributed by atoms with E-state index in [2.05, 4.69) is 0 Å². The van der Waals surface area contributed by atoms with Crippen molar-refractivity contribution in [2.45, 2.75) is 77.6 Å². The molecule has 1 aliphatic carbocycles. The first-order valence-corrected chi connectivity index (χ1v) is 10.4. The first-order chi connectivity index (χ1) is 13.5. The van der Waals surface area contributed by atoms with Crippen molar-refractivity contribution in [3.63, 3.8) is 0 Å². The van der Waals surface area contributed by atoms with E-state index in [4.69, 9.17) is 21.1 Å². The van der Waals surface area contributed by atoms with Gasteiger partial charge in [-0.25, -0.2) is 0 Å². The van der Waals surface area contributed by atoms with Gasteiger partial charge in [0.05, 0.1) is 11.5 Å². The van der Waals surface area contributed by atoms with E-state index in [1.165, 1.54) is 6.92 Å². The van der Waals surface area contributed by atoms with Crippen LogP contribution < -0.4 is 0 Å². The highest BCUT2D eigenvalue weighted by atomic mass is 35.5. The summed E-state index contributed by atoms with van der Waals surface area (Å²) < 4.78 is 11.1. The third kappa shape index (κ3) is 5.82. The van der Waals surface area contributed by atoms with Crippen LogP contribution in [0.3, 0.4) is 0 Å². The summed E-state index contributed by atoms with van der Waals surface area (Å²) >= 11 is 6.01. The number of ether oxygens (including phenoxy) is 2. The summed E-state index contributed by atoms with van der Waals surface area (Å²) in [6, 6.07) is 6.53. The number of carbonyl (C=O) groups is 3. The number of hydrogen-bond acceptors (Lipinski definition) is 6. The summed E-state index contributed by atoms with van der Waals surface area (Å²) in [7, 11) is 0. The molecule has 0 aliphatic heterocycles. The molecule has 1 aliphatic rings. The second-order valence-corrected chi connectivity index (χ2v) is 10.5. The fourth-order valence-corrected chi connectivity index (χ4v) is 3.96. The first kappa shape index (κ1) is 24.4. The average Bonchev–Trinajstić information content (AvgIpc) is 2.50. The van der Waals surface area contributed by atoms with Gasteiger partial charge in [-0.05, 0) is 66.2 Å². The van der Waals surface area contributed by atoms with Gasteiger partial charge in [0.2, 0.25) is 0 Å². The lowest BCUT2D eigenvalue weighted by atomic mass is 9.61. The Morgan fingerprint density at radius 1 is 1.00 bits per heavy atom. The van der Waals surface area contributed by atoms with Gasteiger partial charge in [0.25, 0.3) is 0 Å². The Morgan fingerprint density at radius 3 is 1.93 bits per heavy atom. The van der Waals surface area contributed by atoms with Gasteiger partial charge in [-0.3, -0.25) is 14.4 Å². The summed E-state index contributed by atoms with van der Waals surface area (Å²) in [6.45, 7) is 11.7. The number of ketones is 1. The molecule has 0 amide bonds. The molecule has 2 rings (SSSR count). The molecule has 1 aromatic carbocycles. The van der Waals surface area contributed by atoms with E-state index >= 15 is 0 Å². The van der Waals surface area contributed by atoms with Crippen LogP contribution in [0.25, 0.3) is 0 Å². The Bertz CT molecular complexity index is 814. The van der Waals surface area contributed by atoms with Crippen molar-refractivity contribution in [3.8, 4) is 0 Å². The number of esters is 2. The van der Waals surface area contributed by atoms with Crippen molar-refractivity contribution in [1.29, 1.82) is 0 Å². The van der Waals surface area contributed by atoms with E-state index in [9.17, 15) is 19.5 Å². The van der Waals surface area contributed by atoms with Crippen LogP contribution in [-0.4, -0.2) is 39.6 Å². The molecule has 4 unspecified atom stereocenters. The van der Waals surface area contributed by atoms with Crippen LogP contribution in [0.5, 0.6) is 0 Å². The molecule has 1 saturated carbocycles. The Balaban J connectivity index is 2.62. The largest absolute Gasteiger partial charge is 0.460 e. The fraction of sp³-hybridized carbons (Fsp3) is 0.609. The standard InChI is InChI=1S/C23H31ClO6/c1-21(2,3)29-19(26)17-15(25)12-23(7,28)18(20(27)30-22(4,5)6)16(17)13-8-10-14(24)11-9-13/h8-11,16-18,28H,12H2,1-7H3. The van der Waals surface area contributed by atoms with Gasteiger partial charge in [0.1, 0.15) is 17.1 Å². The smallest absolute Gasteiger partial charge is 0.317 e. The zero-order chi connectivity index (χ0) is 23.1. The number of rotatable bonds is 3. The summed E-state index contributed by atoms with van der Waals surface area (Å²) in [5.74, 6) is -5.22. The van der Waals surface area contributed by atoms with Gasteiger partial charge in [-0.1, -0.05) is 23.7 Å². The third-order valence-electron chi connectivity index (χ3n) is 4.84. The van der Waals surface area contributed by atoms with Gasteiger partial charge >= 0.3 is 11.9 Å². The minimum absolute atomic E-state index is 0.356. The molecule has 0 aromatic heterocycles. The lowest BCUT2D eigenvalue weighted by Crippen LogP contribution is -2.56. The highest BCUT2D eigenvalue weighted by molar-refractivity contribution is 6.30. The maximum atomic E-state index is 13.2. The lowest BCUT2D eigenvalue weighted by Gasteiger charge is -2.44. The number of Topliss-reactive ketones (excluding diaryl/α,β-unsaturated/α-hetero) is 1. The Morgan fingerprint density at radius 2 is 1.47 bits per heavy atom. The minimum Gasteiger partial charge on any atom is -0.460 e. The van der Waals surface area contributed by atoms with Gasteiger partial charge in [-0.2, -0.15) is 0 Å². The van der Waals surface area contributed by atoms with E-state index in [0.717, 1.165) is 0 Å².